The molecule has 1 aromatic rings. The number of aromatic nitrogens is 1. The summed E-state index contributed by atoms with van der Waals surface area (Å²) < 4.78 is 0. The van der Waals surface area contributed by atoms with Crippen LogP contribution in [0.2, 0.25) is 0 Å². The number of hydrogen-bond acceptors (Lipinski definition) is 4. The monoisotopic (exact) mass is 241 g/mol. The van der Waals surface area contributed by atoms with Gasteiger partial charge in [-0.3, -0.25) is 10.1 Å². The largest absolute Gasteiger partial charge is 0.481 e. The van der Waals surface area contributed by atoms with Crippen LogP contribution in [-0.4, -0.2) is 40.1 Å². The maximum atomic E-state index is 11.7. The number of urea groups is 1. The number of anilines is 1. The summed E-state index contributed by atoms with van der Waals surface area (Å²) in [5.74, 6) is -1.29. The third kappa shape index (κ3) is 2.30. The molecule has 2 N–H and O–H groups in total. The number of likely N-dealkylation sites (tertiary alicyclic amines) is 1. The molecule has 0 aliphatic carbocycles. The Morgan fingerprint density at radius 3 is 3.00 bits per heavy atom. The number of amides is 2. The van der Waals surface area contributed by atoms with Crippen LogP contribution in [0.4, 0.5) is 9.93 Å². The zero-order valence-electron chi connectivity index (χ0n) is 8.42. The second kappa shape index (κ2) is 4.48. The highest BCUT2D eigenvalue weighted by atomic mass is 32.1. The van der Waals surface area contributed by atoms with Crippen molar-refractivity contribution in [2.24, 2.45) is 5.92 Å². The lowest BCUT2D eigenvalue weighted by Gasteiger charge is -2.15. The highest BCUT2D eigenvalue weighted by Crippen LogP contribution is 2.18. The Balaban J connectivity index is 1.90. The number of carboxylic acids is 1. The van der Waals surface area contributed by atoms with Crippen molar-refractivity contribution in [3.8, 4) is 0 Å². The molecule has 0 radical (unpaired) electrons. The molecule has 86 valence electrons. The van der Waals surface area contributed by atoms with Gasteiger partial charge in [-0.05, 0) is 6.42 Å². The molecule has 1 aromatic heterocycles. The molecule has 1 aliphatic heterocycles. The average molecular weight is 241 g/mol. The minimum atomic E-state index is -0.843. The van der Waals surface area contributed by atoms with Crippen molar-refractivity contribution in [1.82, 2.24) is 9.88 Å². The first-order valence-electron chi connectivity index (χ1n) is 4.85. The summed E-state index contributed by atoms with van der Waals surface area (Å²) in [7, 11) is 0. The number of rotatable bonds is 2. The summed E-state index contributed by atoms with van der Waals surface area (Å²) in [6.45, 7) is 0.751. The van der Waals surface area contributed by atoms with E-state index in [4.69, 9.17) is 5.11 Å². The minimum absolute atomic E-state index is 0.270. The molecule has 0 saturated carbocycles. The summed E-state index contributed by atoms with van der Waals surface area (Å²) in [5.41, 5.74) is 0. The first-order chi connectivity index (χ1) is 7.66. The molecule has 0 spiro atoms. The van der Waals surface area contributed by atoms with Crippen LogP contribution in [-0.2, 0) is 4.79 Å². The van der Waals surface area contributed by atoms with Crippen LogP contribution in [0, 0.1) is 5.92 Å². The molecule has 2 amide bonds. The quantitative estimate of drug-likeness (QED) is 0.811. The number of thiazole rings is 1. The molecule has 16 heavy (non-hydrogen) atoms. The molecular formula is C9H11N3O3S. The molecule has 0 aromatic carbocycles. The number of aliphatic carboxylic acids is 1. The van der Waals surface area contributed by atoms with E-state index in [0.717, 1.165) is 0 Å². The van der Waals surface area contributed by atoms with Crippen LogP contribution in [0.15, 0.2) is 11.6 Å². The molecule has 1 aliphatic rings. The van der Waals surface area contributed by atoms with E-state index in [1.165, 1.54) is 16.2 Å². The molecule has 1 saturated heterocycles. The molecule has 6 nitrogen and oxygen atoms in total. The van der Waals surface area contributed by atoms with Crippen molar-refractivity contribution in [1.29, 1.82) is 0 Å². The Morgan fingerprint density at radius 1 is 1.62 bits per heavy atom. The summed E-state index contributed by atoms with van der Waals surface area (Å²) in [6, 6.07) is -0.279. The predicted octanol–water partition coefficient (Wildman–Crippen LogP) is 1.08. The topological polar surface area (TPSA) is 82.5 Å². The lowest BCUT2D eigenvalue weighted by molar-refractivity contribution is -0.141. The highest BCUT2D eigenvalue weighted by Gasteiger charge is 2.30. The van der Waals surface area contributed by atoms with Gasteiger partial charge in [0.25, 0.3) is 0 Å². The Bertz CT molecular complexity index is 393. The van der Waals surface area contributed by atoms with Crippen LogP contribution in [0.1, 0.15) is 6.42 Å². The third-order valence-electron chi connectivity index (χ3n) is 2.47. The molecule has 7 heteroatoms. The molecule has 0 bridgehead atoms. The Morgan fingerprint density at radius 2 is 2.44 bits per heavy atom. The van der Waals surface area contributed by atoms with E-state index in [-0.39, 0.29) is 12.6 Å². The van der Waals surface area contributed by atoms with Crippen molar-refractivity contribution in [2.75, 3.05) is 18.4 Å². The second-order valence-corrected chi connectivity index (χ2v) is 4.43. The fourth-order valence-electron chi connectivity index (χ4n) is 1.60. The number of carboxylic acid groups (broad SMARTS) is 1. The number of carbonyl (C=O) groups excluding carboxylic acids is 1. The summed E-state index contributed by atoms with van der Waals surface area (Å²) in [4.78, 5) is 27.8. The Labute approximate surface area is 95.9 Å². The van der Waals surface area contributed by atoms with Gasteiger partial charge < -0.3 is 10.0 Å². The van der Waals surface area contributed by atoms with Crippen molar-refractivity contribution < 1.29 is 14.7 Å². The van der Waals surface area contributed by atoms with Crippen LogP contribution >= 0.6 is 11.3 Å². The van der Waals surface area contributed by atoms with E-state index in [0.29, 0.717) is 18.1 Å². The van der Waals surface area contributed by atoms with Gasteiger partial charge in [0.1, 0.15) is 0 Å². The second-order valence-electron chi connectivity index (χ2n) is 3.54. The van der Waals surface area contributed by atoms with Crippen molar-refractivity contribution >= 4 is 28.5 Å². The van der Waals surface area contributed by atoms with Gasteiger partial charge in [-0.2, -0.15) is 0 Å². The predicted molar refractivity (Wildman–Crippen MR) is 58.4 cm³/mol. The number of hydrogen-bond donors (Lipinski definition) is 2. The van der Waals surface area contributed by atoms with Crippen molar-refractivity contribution in [3.63, 3.8) is 0 Å². The maximum absolute atomic E-state index is 11.7. The first kappa shape index (κ1) is 10.9. The SMILES string of the molecule is O=C(O)C1CCN(C(=O)Nc2nccs2)C1. The van der Waals surface area contributed by atoms with Crippen LogP contribution < -0.4 is 5.32 Å². The Kier molecular flexibility index (Phi) is 3.04. The molecule has 2 heterocycles. The lowest BCUT2D eigenvalue weighted by Crippen LogP contribution is -2.33. The summed E-state index contributed by atoms with van der Waals surface area (Å²) in [5, 5.41) is 13.7. The van der Waals surface area contributed by atoms with Gasteiger partial charge in [0, 0.05) is 24.7 Å². The molecule has 1 unspecified atom stereocenters. The number of nitrogens with one attached hydrogen (secondary N) is 1. The summed E-state index contributed by atoms with van der Waals surface area (Å²) >= 11 is 1.33. The molecule has 2 rings (SSSR count). The van der Waals surface area contributed by atoms with Gasteiger partial charge in [0.2, 0.25) is 0 Å². The standard InChI is InChI=1S/C9H11N3O3S/c13-7(14)6-1-3-12(5-6)9(15)11-8-10-2-4-16-8/h2,4,6H,1,3,5H2,(H,13,14)(H,10,11,15). The number of carbonyl (C=O) groups is 2. The highest BCUT2D eigenvalue weighted by molar-refractivity contribution is 7.13. The zero-order chi connectivity index (χ0) is 11.5. The molecule has 1 fully saturated rings. The third-order valence-corrected chi connectivity index (χ3v) is 3.16. The molecular weight excluding hydrogens is 230 g/mol. The van der Waals surface area contributed by atoms with Crippen LogP contribution in [0.3, 0.4) is 0 Å². The smallest absolute Gasteiger partial charge is 0.323 e. The van der Waals surface area contributed by atoms with Gasteiger partial charge in [0.05, 0.1) is 5.92 Å². The van der Waals surface area contributed by atoms with Gasteiger partial charge in [-0.25, -0.2) is 9.78 Å². The number of nitrogens with zero attached hydrogens (tertiary/aromatic N) is 2. The van der Waals surface area contributed by atoms with Crippen molar-refractivity contribution in [2.45, 2.75) is 6.42 Å². The van der Waals surface area contributed by atoms with E-state index in [9.17, 15) is 9.59 Å². The van der Waals surface area contributed by atoms with Gasteiger partial charge in [-0.15, -0.1) is 11.3 Å². The lowest BCUT2D eigenvalue weighted by atomic mass is 10.1. The normalized spacial score (nSPS) is 19.8. The minimum Gasteiger partial charge on any atom is -0.481 e. The summed E-state index contributed by atoms with van der Waals surface area (Å²) in [6.07, 6.45) is 2.12. The fraction of sp³-hybridized carbons (Fsp3) is 0.444. The van der Waals surface area contributed by atoms with Gasteiger partial charge in [0.15, 0.2) is 5.13 Å². The Hall–Kier alpha value is -1.63. The van der Waals surface area contributed by atoms with E-state index in [1.54, 1.807) is 11.6 Å². The maximum Gasteiger partial charge on any atom is 0.323 e. The average Bonchev–Trinajstić information content (AvgIpc) is 2.86. The van der Waals surface area contributed by atoms with Crippen LogP contribution in [0.25, 0.3) is 0 Å². The van der Waals surface area contributed by atoms with Crippen LogP contribution in [0.5, 0.6) is 0 Å². The van der Waals surface area contributed by atoms with E-state index < -0.39 is 11.9 Å². The van der Waals surface area contributed by atoms with Gasteiger partial charge >= 0.3 is 12.0 Å². The van der Waals surface area contributed by atoms with Gasteiger partial charge in [-0.1, -0.05) is 0 Å². The van der Waals surface area contributed by atoms with E-state index >= 15 is 0 Å². The van der Waals surface area contributed by atoms with E-state index in [2.05, 4.69) is 10.3 Å². The van der Waals surface area contributed by atoms with Crippen molar-refractivity contribution in [3.05, 3.63) is 11.6 Å². The first-order valence-corrected chi connectivity index (χ1v) is 5.73. The fourth-order valence-corrected chi connectivity index (χ4v) is 2.12. The molecule has 1 atom stereocenters. The van der Waals surface area contributed by atoms with E-state index in [1.807, 2.05) is 0 Å². The zero-order valence-corrected chi connectivity index (χ0v) is 9.24.